The SMILES string of the molecule is O=C(O)C(F)(F)c1cccc(-c2cc(Cl)sc2Cl)n1. The number of carbonyl (C=O) groups is 1. The number of rotatable bonds is 3. The van der Waals surface area contributed by atoms with E-state index in [-0.39, 0.29) is 5.69 Å². The van der Waals surface area contributed by atoms with Gasteiger partial charge in [0.15, 0.2) is 0 Å². The molecule has 0 aliphatic rings. The lowest BCUT2D eigenvalue weighted by atomic mass is 10.1. The van der Waals surface area contributed by atoms with Crippen LogP contribution in [0.15, 0.2) is 24.3 Å². The summed E-state index contributed by atoms with van der Waals surface area (Å²) < 4.78 is 27.4. The Bertz CT molecular complexity index is 645. The van der Waals surface area contributed by atoms with Crippen LogP contribution in [0.2, 0.25) is 8.67 Å². The van der Waals surface area contributed by atoms with Crippen LogP contribution in [-0.2, 0) is 10.7 Å². The Labute approximate surface area is 120 Å². The highest BCUT2D eigenvalue weighted by Gasteiger charge is 2.42. The molecule has 0 atom stereocenters. The maximum absolute atomic E-state index is 13.4. The van der Waals surface area contributed by atoms with Gasteiger partial charge in [-0.15, -0.1) is 11.3 Å². The van der Waals surface area contributed by atoms with E-state index in [4.69, 9.17) is 28.3 Å². The molecule has 2 aromatic rings. The number of carboxylic acids is 1. The zero-order chi connectivity index (χ0) is 14.2. The fourth-order valence-corrected chi connectivity index (χ4v) is 2.87. The third kappa shape index (κ3) is 2.70. The quantitative estimate of drug-likeness (QED) is 0.916. The van der Waals surface area contributed by atoms with Crippen LogP contribution in [0.1, 0.15) is 5.69 Å². The molecule has 0 saturated carbocycles. The van der Waals surface area contributed by atoms with E-state index in [0.717, 1.165) is 17.4 Å². The van der Waals surface area contributed by atoms with Gasteiger partial charge in [0, 0.05) is 5.56 Å². The largest absolute Gasteiger partial charge is 0.476 e. The Morgan fingerprint density at radius 1 is 1.37 bits per heavy atom. The molecule has 0 radical (unpaired) electrons. The number of aliphatic carboxylic acids is 1. The molecule has 0 saturated heterocycles. The minimum absolute atomic E-state index is 0.145. The van der Waals surface area contributed by atoms with Crippen LogP contribution in [0, 0.1) is 0 Å². The lowest BCUT2D eigenvalue weighted by Gasteiger charge is -2.11. The van der Waals surface area contributed by atoms with Gasteiger partial charge >= 0.3 is 11.9 Å². The van der Waals surface area contributed by atoms with E-state index in [0.29, 0.717) is 14.2 Å². The van der Waals surface area contributed by atoms with E-state index < -0.39 is 17.6 Å². The number of aromatic nitrogens is 1. The molecule has 2 aromatic heterocycles. The molecule has 0 unspecified atom stereocenters. The normalized spacial score (nSPS) is 11.6. The Morgan fingerprint density at radius 2 is 2.05 bits per heavy atom. The van der Waals surface area contributed by atoms with Gasteiger partial charge in [-0.1, -0.05) is 29.3 Å². The van der Waals surface area contributed by atoms with Gasteiger partial charge in [-0.2, -0.15) is 8.78 Å². The number of hydrogen-bond acceptors (Lipinski definition) is 3. The molecule has 0 fully saturated rings. The molecule has 0 aromatic carbocycles. The fraction of sp³-hybridized carbons (Fsp3) is 0.0909. The first-order chi connectivity index (χ1) is 8.82. The number of hydrogen-bond donors (Lipinski definition) is 1. The summed E-state index contributed by atoms with van der Waals surface area (Å²) in [5.74, 6) is -6.31. The summed E-state index contributed by atoms with van der Waals surface area (Å²) in [4.78, 5) is 14.1. The number of halogens is 4. The molecule has 2 heterocycles. The van der Waals surface area contributed by atoms with Crippen LogP contribution >= 0.6 is 34.5 Å². The van der Waals surface area contributed by atoms with E-state index in [1.807, 2.05) is 0 Å². The molecule has 0 amide bonds. The van der Waals surface area contributed by atoms with E-state index in [1.165, 1.54) is 18.2 Å². The van der Waals surface area contributed by atoms with Crippen molar-refractivity contribution < 1.29 is 18.7 Å². The van der Waals surface area contributed by atoms with E-state index in [9.17, 15) is 13.6 Å². The highest BCUT2D eigenvalue weighted by atomic mass is 35.5. The van der Waals surface area contributed by atoms with Crippen molar-refractivity contribution >= 4 is 40.5 Å². The van der Waals surface area contributed by atoms with Crippen LogP contribution in [0.5, 0.6) is 0 Å². The molecular formula is C11H5Cl2F2NO2S. The molecule has 100 valence electrons. The second-order valence-electron chi connectivity index (χ2n) is 3.53. The van der Waals surface area contributed by atoms with Gasteiger partial charge in [0.25, 0.3) is 0 Å². The first-order valence-electron chi connectivity index (χ1n) is 4.86. The molecule has 0 aliphatic heterocycles. The molecule has 0 spiro atoms. The van der Waals surface area contributed by atoms with Gasteiger partial charge in [-0.05, 0) is 18.2 Å². The topological polar surface area (TPSA) is 50.2 Å². The van der Waals surface area contributed by atoms with Crippen molar-refractivity contribution in [3.63, 3.8) is 0 Å². The summed E-state index contributed by atoms with van der Waals surface area (Å²) in [5, 5.41) is 8.48. The number of nitrogens with zero attached hydrogens (tertiary/aromatic N) is 1. The van der Waals surface area contributed by atoms with Crippen LogP contribution in [0.25, 0.3) is 11.3 Å². The van der Waals surface area contributed by atoms with E-state index in [2.05, 4.69) is 4.98 Å². The molecule has 8 heteroatoms. The molecular weight excluding hydrogens is 319 g/mol. The van der Waals surface area contributed by atoms with Gasteiger partial charge in [0.05, 0.1) is 10.0 Å². The minimum Gasteiger partial charge on any atom is -0.476 e. The Balaban J connectivity index is 2.51. The summed E-state index contributed by atoms with van der Waals surface area (Å²) in [6, 6.07) is 5.17. The Morgan fingerprint density at radius 3 is 2.58 bits per heavy atom. The molecule has 19 heavy (non-hydrogen) atoms. The lowest BCUT2D eigenvalue weighted by Crippen LogP contribution is -2.26. The molecule has 0 bridgehead atoms. The van der Waals surface area contributed by atoms with E-state index in [1.54, 1.807) is 0 Å². The highest BCUT2D eigenvalue weighted by molar-refractivity contribution is 7.20. The van der Waals surface area contributed by atoms with Crippen LogP contribution in [0.3, 0.4) is 0 Å². The molecule has 0 aliphatic carbocycles. The summed E-state index contributed by atoms with van der Waals surface area (Å²) >= 11 is 12.7. The number of thiophene rings is 1. The zero-order valence-electron chi connectivity index (χ0n) is 9.03. The second-order valence-corrected chi connectivity index (χ2v) is 5.81. The average molecular weight is 324 g/mol. The number of alkyl halides is 2. The van der Waals surface area contributed by atoms with Crippen molar-refractivity contribution in [1.82, 2.24) is 4.98 Å². The summed E-state index contributed by atoms with van der Waals surface area (Å²) in [7, 11) is 0. The standard InChI is InChI=1S/C11H5Cl2F2NO2S/c12-8-4-5(9(13)19-8)6-2-1-3-7(16-6)11(14,15)10(17)18/h1-4H,(H,17,18). The predicted octanol–water partition coefficient (Wildman–Crippen LogP) is 4.29. The Kier molecular flexibility index (Phi) is 3.75. The monoisotopic (exact) mass is 323 g/mol. The third-order valence-electron chi connectivity index (χ3n) is 2.27. The fourth-order valence-electron chi connectivity index (χ4n) is 1.38. The zero-order valence-corrected chi connectivity index (χ0v) is 11.4. The average Bonchev–Trinajstić information content (AvgIpc) is 2.68. The van der Waals surface area contributed by atoms with Gasteiger partial charge in [0.1, 0.15) is 10.0 Å². The number of carboxylic acid groups (broad SMARTS) is 1. The van der Waals surface area contributed by atoms with Crippen molar-refractivity contribution in [3.05, 3.63) is 38.6 Å². The highest BCUT2D eigenvalue weighted by Crippen LogP contribution is 2.38. The summed E-state index contributed by atoms with van der Waals surface area (Å²) in [6.07, 6.45) is 0. The first kappa shape index (κ1) is 14.2. The van der Waals surface area contributed by atoms with Crippen LogP contribution < -0.4 is 0 Å². The number of pyridine rings is 1. The van der Waals surface area contributed by atoms with Crippen molar-refractivity contribution in [2.24, 2.45) is 0 Å². The van der Waals surface area contributed by atoms with Crippen molar-refractivity contribution in [2.45, 2.75) is 5.92 Å². The molecule has 3 nitrogen and oxygen atoms in total. The minimum atomic E-state index is -4.05. The molecule has 2 rings (SSSR count). The van der Waals surface area contributed by atoms with Gasteiger partial charge in [-0.25, -0.2) is 9.78 Å². The summed E-state index contributed by atoms with van der Waals surface area (Å²) in [6.45, 7) is 0. The third-order valence-corrected chi connectivity index (χ3v) is 3.76. The Hall–Kier alpha value is -1.24. The van der Waals surface area contributed by atoms with Gasteiger partial charge in [-0.3, -0.25) is 0 Å². The maximum atomic E-state index is 13.4. The van der Waals surface area contributed by atoms with Crippen molar-refractivity contribution in [1.29, 1.82) is 0 Å². The smallest absolute Gasteiger partial charge is 0.384 e. The predicted molar refractivity (Wildman–Crippen MR) is 69.1 cm³/mol. The van der Waals surface area contributed by atoms with Crippen molar-refractivity contribution in [3.8, 4) is 11.3 Å². The second kappa shape index (κ2) is 5.03. The molecule has 1 N–H and O–H groups in total. The first-order valence-corrected chi connectivity index (χ1v) is 6.43. The van der Waals surface area contributed by atoms with E-state index >= 15 is 0 Å². The maximum Gasteiger partial charge on any atom is 0.384 e. The van der Waals surface area contributed by atoms with Gasteiger partial charge in [0.2, 0.25) is 0 Å². The van der Waals surface area contributed by atoms with Crippen molar-refractivity contribution in [2.75, 3.05) is 0 Å². The lowest BCUT2D eigenvalue weighted by molar-refractivity contribution is -0.166. The summed E-state index contributed by atoms with van der Waals surface area (Å²) in [5.41, 5.74) is -0.317. The van der Waals surface area contributed by atoms with Crippen LogP contribution in [-0.4, -0.2) is 16.1 Å². The van der Waals surface area contributed by atoms with Gasteiger partial charge < -0.3 is 5.11 Å². The van der Waals surface area contributed by atoms with Crippen LogP contribution in [0.4, 0.5) is 8.78 Å².